The fourth-order valence-corrected chi connectivity index (χ4v) is 2.52. The normalized spacial score (nSPS) is 12.4. The fourth-order valence-electron chi connectivity index (χ4n) is 1.49. The van der Waals surface area contributed by atoms with Crippen molar-refractivity contribution in [2.75, 3.05) is 0 Å². The molecule has 0 saturated heterocycles. The average Bonchev–Trinajstić information content (AvgIpc) is 2.22. The summed E-state index contributed by atoms with van der Waals surface area (Å²) in [5, 5.41) is 11.0. The quantitative estimate of drug-likeness (QED) is 0.567. The van der Waals surface area contributed by atoms with Gasteiger partial charge in [0.2, 0.25) is 0 Å². The van der Waals surface area contributed by atoms with Crippen molar-refractivity contribution >= 4 is 17.7 Å². The van der Waals surface area contributed by atoms with Gasteiger partial charge in [-0.2, -0.15) is 0 Å². The molecule has 0 N–H and O–H groups in total. The van der Waals surface area contributed by atoms with Crippen LogP contribution >= 0.6 is 11.8 Å². The standard InChI is InChI=1S/C12H18N2O2S/c1-4-5-6-10(11(15)16)17-12-13-8(2)7-9(3)14-12/h7,10H,4-6H2,1-3H3,(H,15,16)/p-1/t10-/m1/s1. The SMILES string of the molecule is CCCC[C@@H](Sc1nc(C)cc(C)n1)C(=O)[O-]. The van der Waals surface area contributed by atoms with Gasteiger partial charge in [0.1, 0.15) is 0 Å². The van der Waals surface area contributed by atoms with Crippen molar-refractivity contribution in [3.8, 4) is 0 Å². The predicted octanol–water partition coefficient (Wildman–Crippen LogP) is 1.49. The Labute approximate surface area is 106 Å². The van der Waals surface area contributed by atoms with Crippen molar-refractivity contribution < 1.29 is 9.90 Å². The van der Waals surface area contributed by atoms with Crippen LogP contribution in [0.1, 0.15) is 37.6 Å². The number of aromatic nitrogens is 2. The van der Waals surface area contributed by atoms with E-state index >= 15 is 0 Å². The number of carbonyl (C=O) groups is 1. The Balaban J connectivity index is 2.74. The van der Waals surface area contributed by atoms with Crippen LogP contribution < -0.4 is 5.11 Å². The van der Waals surface area contributed by atoms with Gasteiger partial charge in [-0.15, -0.1) is 0 Å². The lowest BCUT2D eigenvalue weighted by molar-refractivity contribution is -0.304. The molecule has 5 heteroatoms. The van der Waals surface area contributed by atoms with Gasteiger partial charge in [-0.25, -0.2) is 9.97 Å². The summed E-state index contributed by atoms with van der Waals surface area (Å²) < 4.78 is 0. The van der Waals surface area contributed by atoms with Crippen LogP contribution in [0.4, 0.5) is 0 Å². The highest BCUT2D eigenvalue weighted by Crippen LogP contribution is 2.23. The second-order valence-corrected chi connectivity index (χ2v) is 5.17. The molecule has 0 saturated carbocycles. The summed E-state index contributed by atoms with van der Waals surface area (Å²) >= 11 is 1.18. The van der Waals surface area contributed by atoms with Gasteiger partial charge in [-0.3, -0.25) is 0 Å². The fraction of sp³-hybridized carbons (Fsp3) is 0.583. The molecule has 0 aliphatic rings. The third-order valence-corrected chi connectivity index (χ3v) is 3.40. The second-order valence-electron chi connectivity index (χ2n) is 4.00. The Morgan fingerprint density at radius 2 is 2.00 bits per heavy atom. The first kappa shape index (κ1) is 14.0. The van der Waals surface area contributed by atoms with Crippen molar-refractivity contribution in [1.82, 2.24) is 9.97 Å². The number of aliphatic carboxylic acids is 1. The summed E-state index contributed by atoms with van der Waals surface area (Å²) in [5.74, 6) is -1.04. The lowest BCUT2D eigenvalue weighted by Gasteiger charge is -2.16. The maximum Gasteiger partial charge on any atom is 0.188 e. The molecule has 0 spiro atoms. The average molecular weight is 253 g/mol. The minimum Gasteiger partial charge on any atom is -0.549 e. The van der Waals surface area contributed by atoms with Gasteiger partial charge in [0, 0.05) is 11.4 Å². The first-order chi connectivity index (χ1) is 8.02. The summed E-state index contributed by atoms with van der Waals surface area (Å²) in [6.07, 6.45) is 2.44. The molecule has 0 unspecified atom stereocenters. The molecule has 0 fully saturated rings. The summed E-state index contributed by atoms with van der Waals surface area (Å²) in [7, 11) is 0. The topological polar surface area (TPSA) is 65.9 Å². The van der Waals surface area contributed by atoms with Crippen molar-refractivity contribution in [2.24, 2.45) is 0 Å². The van der Waals surface area contributed by atoms with Crippen LogP contribution in [0.25, 0.3) is 0 Å². The van der Waals surface area contributed by atoms with E-state index in [0.717, 1.165) is 24.2 Å². The summed E-state index contributed by atoms with van der Waals surface area (Å²) in [6, 6.07) is 1.87. The number of rotatable bonds is 6. The molecular weight excluding hydrogens is 236 g/mol. The molecule has 1 aromatic heterocycles. The van der Waals surface area contributed by atoms with E-state index in [1.54, 1.807) is 0 Å². The van der Waals surface area contributed by atoms with Gasteiger partial charge in [0.15, 0.2) is 5.16 Å². The zero-order valence-electron chi connectivity index (χ0n) is 10.4. The maximum atomic E-state index is 11.0. The zero-order chi connectivity index (χ0) is 12.8. The summed E-state index contributed by atoms with van der Waals surface area (Å²) in [6.45, 7) is 5.78. The number of carboxylic acid groups (broad SMARTS) is 1. The molecule has 17 heavy (non-hydrogen) atoms. The van der Waals surface area contributed by atoms with Gasteiger partial charge >= 0.3 is 0 Å². The number of hydrogen-bond acceptors (Lipinski definition) is 5. The van der Waals surface area contributed by atoms with E-state index in [9.17, 15) is 9.90 Å². The Bertz CT molecular complexity index is 376. The van der Waals surface area contributed by atoms with Crippen LogP contribution in [-0.2, 0) is 4.79 Å². The molecule has 94 valence electrons. The predicted molar refractivity (Wildman–Crippen MR) is 65.7 cm³/mol. The van der Waals surface area contributed by atoms with E-state index in [4.69, 9.17) is 0 Å². The lowest BCUT2D eigenvalue weighted by Crippen LogP contribution is -2.33. The van der Waals surface area contributed by atoms with E-state index in [1.165, 1.54) is 11.8 Å². The van der Waals surface area contributed by atoms with Gasteiger partial charge in [-0.1, -0.05) is 31.5 Å². The van der Waals surface area contributed by atoms with E-state index in [2.05, 4.69) is 9.97 Å². The van der Waals surface area contributed by atoms with E-state index in [1.807, 2.05) is 26.8 Å². The largest absolute Gasteiger partial charge is 0.549 e. The smallest absolute Gasteiger partial charge is 0.188 e. The highest BCUT2D eigenvalue weighted by Gasteiger charge is 2.13. The van der Waals surface area contributed by atoms with Crippen LogP contribution in [-0.4, -0.2) is 21.2 Å². The maximum absolute atomic E-state index is 11.0. The molecule has 0 amide bonds. The molecule has 1 aromatic rings. The Morgan fingerprint density at radius 1 is 1.41 bits per heavy atom. The van der Waals surface area contributed by atoms with Gasteiger partial charge in [0.25, 0.3) is 0 Å². The lowest BCUT2D eigenvalue weighted by atomic mass is 10.2. The minimum atomic E-state index is -1.04. The highest BCUT2D eigenvalue weighted by molar-refractivity contribution is 8.00. The first-order valence-corrected chi connectivity index (χ1v) is 6.60. The van der Waals surface area contributed by atoms with Gasteiger partial charge < -0.3 is 9.90 Å². The third kappa shape index (κ3) is 4.73. The molecule has 0 aliphatic heterocycles. The number of unbranched alkanes of at least 4 members (excludes halogenated alkanes) is 1. The van der Waals surface area contributed by atoms with E-state index < -0.39 is 11.2 Å². The van der Waals surface area contributed by atoms with Crippen LogP contribution in [0.3, 0.4) is 0 Å². The van der Waals surface area contributed by atoms with Gasteiger partial charge in [0.05, 0.1) is 11.2 Å². The first-order valence-electron chi connectivity index (χ1n) is 5.72. The second kappa shape index (κ2) is 6.59. The molecule has 0 bridgehead atoms. The number of hydrogen-bond donors (Lipinski definition) is 0. The zero-order valence-corrected chi connectivity index (χ0v) is 11.2. The molecule has 1 atom stereocenters. The van der Waals surface area contributed by atoms with Crippen molar-refractivity contribution in [3.63, 3.8) is 0 Å². The summed E-state index contributed by atoms with van der Waals surface area (Å²) in [5.41, 5.74) is 1.71. The van der Waals surface area contributed by atoms with E-state index in [0.29, 0.717) is 11.6 Å². The van der Waals surface area contributed by atoms with Gasteiger partial charge in [-0.05, 0) is 26.3 Å². The van der Waals surface area contributed by atoms with Crippen LogP contribution in [0, 0.1) is 13.8 Å². The Morgan fingerprint density at radius 3 is 2.47 bits per heavy atom. The number of aryl methyl sites for hydroxylation is 2. The van der Waals surface area contributed by atoms with Crippen molar-refractivity contribution in [2.45, 2.75) is 50.4 Å². The number of thioether (sulfide) groups is 1. The van der Waals surface area contributed by atoms with Crippen molar-refractivity contribution in [1.29, 1.82) is 0 Å². The molecular formula is C12H17N2O2S-. The number of carboxylic acids is 1. The molecule has 1 rings (SSSR count). The highest BCUT2D eigenvalue weighted by atomic mass is 32.2. The molecule has 0 radical (unpaired) electrons. The Hall–Kier alpha value is -1.10. The molecule has 1 heterocycles. The monoisotopic (exact) mass is 253 g/mol. The minimum absolute atomic E-state index is 0.521. The van der Waals surface area contributed by atoms with Crippen LogP contribution in [0.2, 0.25) is 0 Å². The van der Waals surface area contributed by atoms with Crippen LogP contribution in [0.5, 0.6) is 0 Å². The van der Waals surface area contributed by atoms with Crippen molar-refractivity contribution in [3.05, 3.63) is 17.5 Å². The Kier molecular flexibility index (Phi) is 5.41. The number of nitrogens with zero attached hydrogens (tertiary/aromatic N) is 2. The molecule has 4 nitrogen and oxygen atoms in total. The third-order valence-electron chi connectivity index (χ3n) is 2.29. The van der Waals surface area contributed by atoms with E-state index in [-0.39, 0.29) is 0 Å². The summed E-state index contributed by atoms with van der Waals surface area (Å²) in [4.78, 5) is 19.4. The van der Waals surface area contributed by atoms with Crippen LogP contribution in [0.15, 0.2) is 11.2 Å². The molecule has 0 aliphatic carbocycles. The number of carbonyl (C=O) groups excluding carboxylic acids is 1. The molecule has 0 aromatic carbocycles.